The lowest BCUT2D eigenvalue weighted by atomic mass is 9.97. The van der Waals surface area contributed by atoms with Gasteiger partial charge in [-0.25, -0.2) is 0 Å². The fraction of sp³-hybridized carbons (Fsp3) is 0.367. The predicted molar refractivity (Wildman–Crippen MR) is 154 cm³/mol. The molecule has 3 aromatic carbocycles. The lowest BCUT2D eigenvalue weighted by Crippen LogP contribution is -2.53. The number of hydrogen-bond donors (Lipinski definition) is 0. The summed E-state index contributed by atoms with van der Waals surface area (Å²) in [6.45, 7) is 9.69. The molecule has 1 aliphatic rings. The molecule has 2 heterocycles. The monoisotopic (exact) mass is 536 g/mol. The Bertz CT molecular complexity index is 1370. The first-order valence-electron chi connectivity index (χ1n) is 12.8. The van der Waals surface area contributed by atoms with Gasteiger partial charge in [0, 0.05) is 40.6 Å². The lowest BCUT2D eigenvalue weighted by molar-refractivity contribution is 0.0963. The van der Waals surface area contributed by atoms with E-state index in [0.29, 0.717) is 16.1 Å². The van der Waals surface area contributed by atoms with Gasteiger partial charge in [-0.1, -0.05) is 53.5 Å². The molecular weight excluding hydrogens is 503 g/mol. The van der Waals surface area contributed by atoms with Gasteiger partial charge in [0.25, 0.3) is 0 Å². The molecule has 0 amide bonds. The van der Waals surface area contributed by atoms with Crippen molar-refractivity contribution in [1.29, 1.82) is 0 Å². The highest BCUT2D eigenvalue weighted by Crippen LogP contribution is 2.35. The number of piperidine rings is 1. The van der Waals surface area contributed by atoms with Crippen molar-refractivity contribution < 1.29 is 4.74 Å². The van der Waals surface area contributed by atoms with Crippen LogP contribution in [0.1, 0.15) is 39.2 Å². The molecule has 7 heteroatoms. The van der Waals surface area contributed by atoms with Crippen LogP contribution in [0.4, 0.5) is 0 Å². The Hall–Kier alpha value is -2.73. The van der Waals surface area contributed by atoms with Crippen LogP contribution in [-0.2, 0) is 6.54 Å². The number of methoxy groups -OCH3 is 1. The minimum atomic E-state index is 0.162. The third kappa shape index (κ3) is 5.45. The molecule has 194 valence electrons. The Labute approximate surface area is 229 Å². The van der Waals surface area contributed by atoms with E-state index in [2.05, 4.69) is 47.6 Å². The van der Waals surface area contributed by atoms with E-state index in [1.54, 1.807) is 7.11 Å². The van der Waals surface area contributed by atoms with Gasteiger partial charge in [-0.15, -0.1) is 0 Å². The molecule has 5 rings (SSSR count). The van der Waals surface area contributed by atoms with Gasteiger partial charge in [-0.2, -0.15) is 9.89 Å². The van der Waals surface area contributed by atoms with Crippen molar-refractivity contribution in [2.75, 3.05) is 25.2 Å². The third-order valence-electron chi connectivity index (χ3n) is 7.34. The highest BCUT2D eigenvalue weighted by molar-refractivity contribution is 6.34. The van der Waals surface area contributed by atoms with Crippen LogP contribution in [0.15, 0.2) is 66.7 Å². The molecule has 1 saturated heterocycles. The van der Waals surface area contributed by atoms with Crippen LogP contribution in [-0.4, -0.2) is 46.6 Å². The number of ether oxygens (including phenoxy) is 1. The molecule has 4 aromatic rings. The highest BCUT2D eigenvalue weighted by Gasteiger charge is 2.31. The fourth-order valence-electron chi connectivity index (χ4n) is 5.22. The quantitative estimate of drug-likeness (QED) is 0.256. The van der Waals surface area contributed by atoms with Crippen molar-refractivity contribution in [2.24, 2.45) is 0 Å². The summed E-state index contributed by atoms with van der Waals surface area (Å²) in [5.74, 6) is 0.853. The zero-order valence-corrected chi connectivity index (χ0v) is 23.4. The molecule has 1 fully saturated rings. The molecule has 0 atom stereocenters. The van der Waals surface area contributed by atoms with Crippen molar-refractivity contribution >= 4 is 34.1 Å². The average Bonchev–Trinajstić information content (AvgIpc) is 3.25. The highest BCUT2D eigenvalue weighted by atomic mass is 35.5. The lowest BCUT2D eigenvalue weighted by Gasteiger charge is -2.44. The summed E-state index contributed by atoms with van der Waals surface area (Å²) in [6, 6.07) is 22.5. The van der Waals surface area contributed by atoms with Crippen molar-refractivity contribution in [2.45, 2.75) is 51.7 Å². The number of rotatable bonds is 6. The Morgan fingerprint density at radius 3 is 2.32 bits per heavy atom. The zero-order chi connectivity index (χ0) is 26.2. The van der Waals surface area contributed by atoms with E-state index in [1.807, 2.05) is 54.6 Å². The molecule has 0 bridgehead atoms. The van der Waals surface area contributed by atoms with Gasteiger partial charge in [0.15, 0.2) is 0 Å². The van der Waals surface area contributed by atoms with Gasteiger partial charge < -0.3 is 4.74 Å². The second-order valence-electron chi connectivity index (χ2n) is 10.7. The molecule has 0 N–H and O–H groups in total. The van der Waals surface area contributed by atoms with E-state index < -0.39 is 0 Å². The van der Waals surface area contributed by atoms with E-state index in [1.165, 1.54) is 5.56 Å². The first-order valence-corrected chi connectivity index (χ1v) is 13.6. The molecule has 37 heavy (non-hydrogen) atoms. The van der Waals surface area contributed by atoms with E-state index in [0.717, 1.165) is 60.4 Å². The number of halogens is 2. The SMILES string of the molecule is COc1ccc(CN(C2CCN(C(C)(C)C)CC2)n2nc(-c3ccccc3Cl)c3ccc(Cl)cc32)cc1. The second-order valence-corrected chi connectivity index (χ2v) is 11.6. The largest absolute Gasteiger partial charge is 0.497 e. The molecule has 1 aliphatic heterocycles. The van der Waals surface area contributed by atoms with Gasteiger partial charge in [0.05, 0.1) is 24.2 Å². The van der Waals surface area contributed by atoms with Gasteiger partial charge >= 0.3 is 0 Å². The maximum Gasteiger partial charge on any atom is 0.118 e. The Morgan fingerprint density at radius 2 is 1.68 bits per heavy atom. The van der Waals surface area contributed by atoms with E-state index in [-0.39, 0.29) is 5.54 Å². The van der Waals surface area contributed by atoms with Gasteiger partial charge in [-0.3, -0.25) is 9.91 Å². The van der Waals surface area contributed by atoms with Gasteiger partial charge in [0.2, 0.25) is 0 Å². The first-order chi connectivity index (χ1) is 17.7. The summed E-state index contributed by atoms with van der Waals surface area (Å²) in [7, 11) is 1.69. The number of aromatic nitrogens is 2. The topological polar surface area (TPSA) is 33.5 Å². The Morgan fingerprint density at radius 1 is 0.973 bits per heavy atom. The van der Waals surface area contributed by atoms with Crippen LogP contribution in [0.5, 0.6) is 5.75 Å². The van der Waals surface area contributed by atoms with Crippen molar-refractivity contribution in [1.82, 2.24) is 14.8 Å². The van der Waals surface area contributed by atoms with Crippen LogP contribution in [0.25, 0.3) is 22.2 Å². The number of benzene rings is 3. The summed E-state index contributed by atoms with van der Waals surface area (Å²) in [5.41, 5.74) is 4.12. The van der Waals surface area contributed by atoms with Crippen LogP contribution in [0, 0.1) is 0 Å². The van der Waals surface area contributed by atoms with Crippen LogP contribution in [0.3, 0.4) is 0 Å². The maximum atomic E-state index is 6.64. The van der Waals surface area contributed by atoms with E-state index in [9.17, 15) is 0 Å². The molecule has 0 aliphatic carbocycles. The fourth-order valence-corrected chi connectivity index (χ4v) is 5.62. The van der Waals surface area contributed by atoms with Crippen LogP contribution < -0.4 is 9.75 Å². The number of nitrogens with zero attached hydrogens (tertiary/aromatic N) is 4. The average molecular weight is 538 g/mol. The number of likely N-dealkylation sites (tertiary alicyclic amines) is 1. The molecule has 1 aromatic heterocycles. The summed E-state index contributed by atoms with van der Waals surface area (Å²) >= 11 is 13.2. The van der Waals surface area contributed by atoms with Crippen molar-refractivity contribution in [3.05, 3.63) is 82.3 Å². The number of fused-ring (bicyclic) bond motifs is 1. The zero-order valence-electron chi connectivity index (χ0n) is 21.9. The maximum absolute atomic E-state index is 6.64. The molecule has 0 radical (unpaired) electrons. The van der Waals surface area contributed by atoms with E-state index in [4.69, 9.17) is 33.0 Å². The van der Waals surface area contributed by atoms with Gasteiger partial charge in [-0.05, 0) is 75.6 Å². The minimum Gasteiger partial charge on any atom is -0.497 e. The van der Waals surface area contributed by atoms with Crippen molar-refractivity contribution in [3.63, 3.8) is 0 Å². The molecule has 5 nitrogen and oxygen atoms in total. The van der Waals surface area contributed by atoms with Gasteiger partial charge in [0.1, 0.15) is 11.4 Å². The summed E-state index contributed by atoms with van der Waals surface area (Å²) in [4.78, 5) is 4.64. The second kappa shape index (κ2) is 10.6. The van der Waals surface area contributed by atoms with Crippen LogP contribution in [0.2, 0.25) is 10.0 Å². The smallest absolute Gasteiger partial charge is 0.118 e. The summed E-state index contributed by atoms with van der Waals surface area (Å²) < 4.78 is 5.39. The predicted octanol–water partition coefficient (Wildman–Crippen LogP) is 7.42. The van der Waals surface area contributed by atoms with E-state index >= 15 is 0 Å². The Kier molecular flexibility index (Phi) is 7.39. The first kappa shape index (κ1) is 25.9. The Balaban J connectivity index is 1.60. The van der Waals surface area contributed by atoms with Crippen LogP contribution >= 0.6 is 23.2 Å². The molecule has 0 spiro atoms. The third-order valence-corrected chi connectivity index (χ3v) is 7.90. The summed E-state index contributed by atoms with van der Waals surface area (Å²) in [5, 5.41) is 10.0. The minimum absolute atomic E-state index is 0.162. The normalized spacial score (nSPS) is 15.3. The molecule has 0 saturated carbocycles. The molecule has 0 unspecified atom stereocenters. The molecular formula is C30H34Cl2N4O. The summed E-state index contributed by atoms with van der Waals surface area (Å²) in [6.07, 6.45) is 2.10. The number of hydrogen-bond acceptors (Lipinski definition) is 4. The standard InChI is InChI=1S/C30H34Cl2N4O/c1-30(2,3)34-17-15-23(16-18-34)35(20-21-9-12-24(37-4)13-10-21)36-28-19-22(31)11-14-26(28)29(33-36)25-7-5-6-8-27(25)32/h5-14,19,23H,15-18,20H2,1-4H3. The van der Waals surface area contributed by atoms with Crippen molar-refractivity contribution in [3.8, 4) is 17.0 Å².